The third-order valence-corrected chi connectivity index (χ3v) is 6.20. The second-order valence-corrected chi connectivity index (χ2v) is 6.68. The average molecular weight is 209 g/mol. The summed E-state index contributed by atoms with van der Waals surface area (Å²) in [4.78, 5) is 14.4. The van der Waals surface area contributed by atoms with Gasteiger partial charge in [0.25, 0.3) is 0 Å². The lowest BCUT2D eigenvalue weighted by Crippen LogP contribution is -2.32. The molecule has 4 unspecified atom stereocenters. The highest BCUT2D eigenvalue weighted by Gasteiger charge is 2.58. The van der Waals surface area contributed by atoms with Crippen molar-refractivity contribution in [2.45, 2.75) is 42.2 Å². The molecule has 2 nitrogen and oxygen atoms in total. The minimum Gasteiger partial charge on any atom is -0.339 e. The van der Waals surface area contributed by atoms with Crippen LogP contribution in [0.4, 0.5) is 0 Å². The normalized spacial score (nSPS) is 50.3. The van der Waals surface area contributed by atoms with Crippen LogP contribution in [0.1, 0.15) is 25.7 Å². The highest BCUT2D eigenvalue weighted by molar-refractivity contribution is 8.01. The molecule has 0 spiro atoms. The van der Waals surface area contributed by atoms with Crippen LogP contribution >= 0.6 is 11.8 Å². The van der Waals surface area contributed by atoms with Gasteiger partial charge in [0.2, 0.25) is 5.91 Å². The van der Waals surface area contributed by atoms with Crippen molar-refractivity contribution >= 4 is 17.7 Å². The molecule has 3 heteroatoms. The third kappa shape index (κ3) is 0.873. The summed E-state index contributed by atoms with van der Waals surface area (Å²) in [6.45, 7) is 1.10. The van der Waals surface area contributed by atoms with Gasteiger partial charge in [-0.05, 0) is 25.7 Å². The van der Waals surface area contributed by atoms with Crippen LogP contribution in [-0.4, -0.2) is 33.9 Å². The number of fused-ring (bicyclic) bond motifs is 5. The fourth-order valence-corrected chi connectivity index (χ4v) is 5.51. The maximum absolute atomic E-state index is 12.2. The van der Waals surface area contributed by atoms with Crippen LogP contribution in [0.15, 0.2) is 0 Å². The summed E-state index contributed by atoms with van der Waals surface area (Å²) in [5, 5.41) is 1.53. The second-order valence-electron chi connectivity index (χ2n) is 5.20. The third-order valence-electron chi connectivity index (χ3n) is 4.39. The maximum Gasteiger partial charge on any atom is 0.227 e. The fraction of sp³-hybridized carbons (Fsp3) is 0.909. The fourth-order valence-electron chi connectivity index (χ4n) is 3.57. The molecule has 4 fully saturated rings. The lowest BCUT2D eigenvalue weighted by molar-refractivity contribution is -0.131. The molecular weight excluding hydrogens is 194 g/mol. The Balaban J connectivity index is 1.65. The van der Waals surface area contributed by atoms with Crippen LogP contribution < -0.4 is 0 Å². The molecule has 76 valence electrons. The van der Waals surface area contributed by atoms with Crippen LogP contribution in [0, 0.1) is 11.8 Å². The van der Waals surface area contributed by atoms with Crippen LogP contribution in [0.5, 0.6) is 0 Å². The quantitative estimate of drug-likeness (QED) is 0.652. The van der Waals surface area contributed by atoms with Gasteiger partial charge in [0.15, 0.2) is 0 Å². The number of hydrogen-bond acceptors (Lipinski definition) is 2. The summed E-state index contributed by atoms with van der Waals surface area (Å²) in [6, 6.07) is 0.650. The Kier molecular flexibility index (Phi) is 1.43. The second kappa shape index (κ2) is 2.49. The van der Waals surface area contributed by atoms with Gasteiger partial charge in [-0.1, -0.05) is 0 Å². The Hall–Kier alpha value is -0.180. The van der Waals surface area contributed by atoms with E-state index in [9.17, 15) is 4.79 Å². The first-order valence-electron chi connectivity index (χ1n) is 5.80. The minimum absolute atomic E-state index is 0.430. The summed E-state index contributed by atoms with van der Waals surface area (Å²) < 4.78 is 0. The highest BCUT2D eigenvalue weighted by atomic mass is 32.2. The summed E-state index contributed by atoms with van der Waals surface area (Å²) in [5.74, 6) is 1.67. The molecule has 14 heavy (non-hydrogen) atoms. The first-order chi connectivity index (χ1) is 6.84. The standard InChI is InChI=1S/C11H15NOS/c13-11-10-7(5-12(11)6-1-2-6)8-3-4-9(10)14-8/h6-10H,1-5H2. The summed E-state index contributed by atoms with van der Waals surface area (Å²) in [7, 11) is 0. The molecule has 4 aliphatic rings. The van der Waals surface area contributed by atoms with Crippen molar-refractivity contribution in [1.29, 1.82) is 0 Å². The van der Waals surface area contributed by atoms with E-state index in [2.05, 4.69) is 16.7 Å². The van der Waals surface area contributed by atoms with Crippen LogP contribution in [0.2, 0.25) is 0 Å². The van der Waals surface area contributed by atoms with Crippen LogP contribution in [0.3, 0.4) is 0 Å². The Labute approximate surface area is 88.4 Å². The molecule has 3 heterocycles. The molecule has 4 rings (SSSR count). The van der Waals surface area contributed by atoms with E-state index in [0.717, 1.165) is 17.7 Å². The van der Waals surface area contributed by atoms with Crippen molar-refractivity contribution in [2.24, 2.45) is 11.8 Å². The molecule has 0 aromatic rings. The zero-order valence-electron chi connectivity index (χ0n) is 8.19. The van der Waals surface area contributed by atoms with Crippen molar-refractivity contribution in [3.05, 3.63) is 0 Å². The monoisotopic (exact) mass is 209 g/mol. The van der Waals surface area contributed by atoms with Crippen molar-refractivity contribution < 1.29 is 4.79 Å². The first-order valence-corrected chi connectivity index (χ1v) is 6.75. The molecule has 0 N–H and O–H groups in total. The number of hydrogen-bond donors (Lipinski definition) is 0. The molecule has 2 bridgehead atoms. The van der Waals surface area contributed by atoms with Crippen molar-refractivity contribution in [3.8, 4) is 0 Å². The average Bonchev–Trinajstić information content (AvgIpc) is 2.70. The van der Waals surface area contributed by atoms with Crippen LogP contribution in [0.25, 0.3) is 0 Å². The SMILES string of the molecule is O=C1C2C3CCC(S3)C2CN1C1CC1. The van der Waals surface area contributed by atoms with E-state index in [1.807, 2.05) is 0 Å². The minimum atomic E-state index is 0.430. The van der Waals surface area contributed by atoms with Crippen molar-refractivity contribution in [2.75, 3.05) is 6.54 Å². The lowest BCUT2D eigenvalue weighted by atomic mass is 9.81. The zero-order valence-corrected chi connectivity index (χ0v) is 9.00. The Morgan fingerprint density at radius 1 is 1.14 bits per heavy atom. The summed E-state index contributed by atoms with van der Waals surface area (Å²) >= 11 is 2.11. The lowest BCUT2D eigenvalue weighted by Gasteiger charge is -2.18. The molecule has 3 aliphatic heterocycles. The molecule has 0 aromatic heterocycles. The number of carbonyl (C=O) groups excluding carboxylic acids is 1. The Bertz CT molecular complexity index is 302. The highest BCUT2D eigenvalue weighted by Crippen LogP contribution is 2.57. The van der Waals surface area contributed by atoms with E-state index in [0.29, 0.717) is 23.1 Å². The zero-order chi connectivity index (χ0) is 9.28. The Morgan fingerprint density at radius 2 is 1.93 bits per heavy atom. The molecule has 0 radical (unpaired) electrons. The summed E-state index contributed by atoms with van der Waals surface area (Å²) in [5.41, 5.74) is 0. The molecule has 1 saturated carbocycles. The topological polar surface area (TPSA) is 20.3 Å². The Morgan fingerprint density at radius 3 is 2.64 bits per heavy atom. The van der Waals surface area contributed by atoms with Gasteiger partial charge in [-0.3, -0.25) is 4.79 Å². The molecule has 0 aromatic carbocycles. The van der Waals surface area contributed by atoms with Crippen LogP contribution in [-0.2, 0) is 4.79 Å². The number of amides is 1. The van der Waals surface area contributed by atoms with E-state index < -0.39 is 0 Å². The molecule has 4 atom stereocenters. The number of thioether (sulfide) groups is 1. The smallest absolute Gasteiger partial charge is 0.227 e. The summed E-state index contributed by atoms with van der Waals surface area (Å²) in [6.07, 6.45) is 5.23. The largest absolute Gasteiger partial charge is 0.339 e. The molecule has 1 aliphatic carbocycles. The predicted octanol–water partition coefficient (Wildman–Crippen LogP) is 1.50. The van der Waals surface area contributed by atoms with Crippen molar-refractivity contribution in [1.82, 2.24) is 4.90 Å². The van der Waals surface area contributed by atoms with E-state index in [4.69, 9.17) is 0 Å². The van der Waals surface area contributed by atoms with E-state index in [1.165, 1.54) is 25.7 Å². The van der Waals surface area contributed by atoms with Gasteiger partial charge in [0, 0.05) is 29.0 Å². The first kappa shape index (κ1) is 8.03. The molecule has 1 amide bonds. The molecular formula is C11H15NOS. The van der Waals surface area contributed by atoms with E-state index in [1.54, 1.807) is 0 Å². The van der Waals surface area contributed by atoms with Gasteiger partial charge >= 0.3 is 0 Å². The van der Waals surface area contributed by atoms with Gasteiger partial charge in [-0.25, -0.2) is 0 Å². The molecule has 3 saturated heterocycles. The van der Waals surface area contributed by atoms with Gasteiger partial charge in [-0.15, -0.1) is 0 Å². The predicted molar refractivity (Wildman–Crippen MR) is 56.1 cm³/mol. The number of likely N-dealkylation sites (tertiary alicyclic amines) is 1. The number of carbonyl (C=O) groups is 1. The van der Waals surface area contributed by atoms with Gasteiger partial charge in [-0.2, -0.15) is 11.8 Å². The maximum atomic E-state index is 12.2. The van der Waals surface area contributed by atoms with Gasteiger partial charge < -0.3 is 4.90 Å². The van der Waals surface area contributed by atoms with Gasteiger partial charge in [0.05, 0.1) is 5.92 Å². The van der Waals surface area contributed by atoms with Crippen molar-refractivity contribution in [3.63, 3.8) is 0 Å². The number of rotatable bonds is 1. The van der Waals surface area contributed by atoms with Gasteiger partial charge in [0.1, 0.15) is 0 Å². The van der Waals surface area contributed by atoms with E-state index >= 15 is 0 Å². The van der Waals surface area contributed by atoms with E-state index in [-0.39, 0.29) is 0 Å². The number of nitrogens with zero attached hydrogens (tertiary/aromatic N) is 1.